The summed E-state index contributed by atoms with van der Waals surface area (Å²) in [6.07, 6.45) is 5.76. The predicted octanol–water partition coefficient (Wildman–Crippen LogP) is 4.88. The monoisotopic (exact) mass is 476 g/mol. The standard InChI is InChI=1S/C28H36N4O3/c1-19(2)6-9-25-23-15-24(27(33)16-26(23)30-29-25)28(34)32-17-20-7-8-22(14-21(20)18-32)35-13-12-31-10-4-3-5-11-31/h7-8,14-16,19,33H,3-6,9-13,17-18H2,1-2H3,(H,29,30). The van der Waals surface area contributed by atoms with E-state index in [0.29, 0.717) is 31.2 Å². The molecule has 0 bridgehead atoms. The van der Waals surface area contributed by atoms with E-state index in [4.69, 9.17) is 4.74 Å². The first-order valence-electron chi connectivity index (χ1n) is 12.9. The topological polar surface area (TPSA) is 81.7 Å². The molecule has 7 nitrogen and oxygen atoms in total. The highest BCUT2D eigenvalue weighted by Gasteiger charge is 2.27. The Kier molecular flexibility index (Phi) is 6.95. The van der Waals surface area contributed by atoms with Crippen molar-refractivity contribution in [3.05, 3.63) is 52.7 Å². The number of amides is 1. The van der Waals surface area contributed by atoms with E-state index in [1.54, 1.807) is 17.0 Å². The number of phenols is 1. The van der Waals surface area contributed by atoms with Crippen molar-refractivity contribution in [2.75, 3.05) is 26.2 Å². The Hall–Kier alpha value is -3.06. The van der Waals surface area contributed by atoms with Crippen LogP contribution in [0.5, 0.6) is 11.5 Å². The number of ether oxygens (including phenoxy) is 1. The Morgan fingerprint density at radius 3 is 2.71 bits per heavy atom. The first kappa shape index (κ1) is 23.7. The number of hydrogen-bond donors (Lipinski definition) is 2. The Morgan fingerprint density at radius 2 is 1.91 bits per heavy atom. The zero-order chi connectivity index (χ0) is 24.4. The maximum absolute atomic E-state index is 13.4. The molecule has 1 saturated heterocycles. The van der Waals surface area contributed by atoms with Gasteiger partial charge in [-0.3, -0.25) is 14.8 Å². The van der Waals surface area contributed by atoms with Gasteiger partial charge >= 0.3 is 0 Å². The second kappa shape index (κ2) is 10.3. The second-order valence-corrected chi connectivity index (χ2v) is 10.4. The van der Waals surface area contributed by atoms with Crippen molar-refractivity contribution in [1.82, 2.24) is 20.0 Å². The number of fused-ring (bicyclic) bond motifs is 2. The van der Waals surface area contributed by atoms with Crippen LogP contribution >= 0.6 is 0 Å². The molecule has 7 heteroatoms. The molecule has 0 radical (unpaired) electrons. The number of aryl methyl sites for hydroxylation is 1. The van der Waals surface area contributed by atoms with Crippen molar-refractivity contribution >= 4 is 16.8 Å². The van der Waals surface area contributed by atoms with Gasteiger partial charge in [0.15, 0.2) is 0 Å². The van der Waals surface area contributed by atoms with E-state index < -0.39 is 0 Å². The Balaban J connectivity index is 1.25. The summed E-state index contributed by atoms with van der Waals surface area (Å²) in [5.74, 6) is 1.25. The zero-order valence-electron chi connectivity index (χ0n) is 20.8. The third-order valence-electron chi connectivity index (χ3n) is 7.26. The zero-order valence-corrected chi connectivity index (χ0v) is 20.8. The number of aromatic nitrogens is 2. The smallest absolute Gasteiger partial charge is 0.258 e. The van der Waals surface area contributed by atoms with Gasteiger partial charge in [0.25, 0.3) is 5.91 Å². The van der Waals surface area contributed by atoms with Gasteiger partial charge < -0.3 is 14.7 Å². The SMILES string of the molecule is CC(C)CCc1n[nH]c2cc(O)c(C(=O)N3Cc4ccc(OCCN5CCCCC5)cc4C3)cc12. The predicted molar refractivity (Wildman–Crippen MR) is 137 cm³/mol. The van der Waals surface area contributed by atoms with Gasteiger partial charge in [-0.2, -0.15) is 5.10 Å². The van der Waals surface area contributed by atoms with Crippen LogP contribution in [0.3, 0.4) is 0 Å². The summed E-state index contributed by atoms with van der Waals surface area (Å²) in [7, 11) is 0. The molecule has 0 unspecified atom stereocenters. The molecule has 1 fully saturated rings. The summed E-state index contributed by atoms with van der Waals surface area (Å²) in [6.45, 7) is 9.39. The molecule has 1 aromatic heterocycles. The van der Waals surface area contributed by atoms with Crippen LogP contribution in [0.1, 0.15) is 66.7 Å². The number of benzene rings is 2. The molecule has 2 aromatic carbocycles. The Bertz CT molecular complexity index is 1200. The Labute approximate surface area is 207 Å². The van der Waals surface area contributed by atoms with Crippen molar-refractivity contribution in [1.29, 1.82) is 0 Å². The molecule has 0 spiro atoms. The van der Waals surface area contributed by atoms with Crippen LogP contribution in [0.15, 0.2) is 30.3 Å². The number of aromatic amines is 1. The summed E-state index contributed by atoms with van der Waals surface area (Å²) >= 11 is 0. The van der Waals surface area contributed by atoms with Crippen molar-refractivity contribution in [3.63, 3.8) is 0 Å². The highest BCUT2D eigenvalue weighted by Crippen LogP contribution is 2.32. The first-order chi connectivity index (χ1) is 17.0. The van der Waals surface area contributed by atoms with Gasteiger partial charge in [0.2, 0.25) is 0 Å². The van der Waals surface area contributed by atoms with E-state index >= 15 is 0 Å². The van der Waals surface area contributed by atoms with Crippen LogP contribution in [0, 0.1) is 5.92 Å². The number of hydrogen-bond acceptors (Lipinski definition) is 5. The molecular weight excluding hydrogens is 440 g/mol. The van der Waals surface area contributed by atoms with Crippen LogP contribution in [-0.2, 0) is 19.5 Å². The molecule has 1 amide bonds. The summed E-state index contributed by atoms with van der Waals surface area (Å²) in [5.41, 5.74) is 4.27. The molecule has 0 saturated carbocycles. The summed E-state index contributed by atoms with van der Waals surface area (Å²) < 4.78 is 6.03. The fraction of sp³-hybridized carbons (Fsp3) is 0.500. The quantitative estimate of drug-likeness (QED) is 0.484. The van der Waals surface area contributed by atoms with E-state index in [-0.39, 0.29) is 11.7 Å². The number of nitrogens with one attached hydrogen (secondary N) is 1. The van der Waals surface area contributed by atoms with Gasteiger partial charge in [-0.15, -0.1) is 0 Å². The minimum atomic E-state index is -0.163. The van der Waals surface area contributed by atoms with Crippen molar-refractivity contribution in [2.24, 2.45) is 5.92 Å². The van der Waals surface area contributed by atoms with E-state index in [9.17, 15) is 9.90 Å². The molecule has 186 valence electrons. The average molecular weight is 477 g/mol. The molecule has 3 heterocycles. The minimum absolute atomic E-state index is 0.0146. The molecule has 2 aliphatic heterocycles. The first-order valence-corrected chi connectivity index (χ1v) is 12.9. The Morgan fingerprint density at radius 1 is 1.11 bits per heavy atom. The highest BCUT2D eigenvalue weighted by molar-refractivity contribution is 6.01. The molecule has 2 N–H and O–H groups in total. The lowest BCUT2D eigenvalue weighted by Crippen LogP contribution is -2.33. The molecular formula is C28H36N4O3. The van der Waals surface area contributed by atoms with Crippen molar-refractivity contribution < 1.29 is 14.6 Å². The number of piperidine rings is 1. The van der Waals surface area contributed by atoms with E-state index in [0.717, 1.165) is 52.9 Å². The number of carbonyl (C=O) groups is 1. The average Bonchev–Trinajstić information content (AvgIpc) is 3.45. The third kappa shape index (κ3) is 5.30. The van der Waals surface area contributed by atoms with Gasteiger partial charge in [-0.05, 0) is 74.0 Å². The summed E-state index contributed by atoms with van der Waals surface area (Å²) in [6, 6.07) is 9.53. The molecule has 0 atom stereocenters. The largest absolute Gasteiger partial charge is 0.507 e. The number of H-pyrrole nitrogens is 1. The molecule has 5 rings (SSSR count). The normalized spacial score (nSPS) is 16.3. The number of rotatable bonds is 8. The maximum Gasteiger partial charge on any atom is 0.258 e. The number of likely N-dealkylation sites (tertiary alicyclic amines) is 1. The van der Waals surface area contributed by atoms with Crippen molar-refractivity contribution in [2.45, 2.75) is 59.0 Å². The summed E-state index contributed by atoms with van der Waals surface area (Å²) in [4.78, 5) is 17.7. The van der Waals surface area contributed by atoms with Crippen LogP contribution < -0.4 is 4.74 Å². The van der Waals surface area contributed by atoms with Gasteiger partial charge in [0, 0.05) is 31.1 Å². The molecule has 2 aliphatic rings. The molecule has 35 heavy (non-hydrogen) atoms. The van der Waals surface area contributed by atoms with Gasteiger partial charge in [0.1, 0.15) is 18.1 Å². The number of phenolic OH excluding ortho intramolecular Hbond substituents is 1. The van der Waals surface area contributed by atoms with Gasteiger partial charge in [-0.25, -0.2) is 0 Å². The van der Waals surface area contributed by atoms with E-state index in [1.807, 2.05) is 6.07 Å². The lowest BCUT2D eigenvalue weighted by molar-refractivity contribution is 0.0748. The fourth-order valence-electron chi connectivity index (χ4n) is 5.14. The third-order valence-corrected chi connectivity index (χ3v) is 7.26. The van der Waals surface area contributed by atoms with Crippen molar-refractivity contribution in [3.8, 4) is 11.5 Å². The van der Waals surface area contributed by atoms with Crippen LogP contribution in [0.2, 0.25) is 0 Å². The van der Waals surface area contributed by atoms with E-state index in [1.165, 1.54) is 32.4 Å². The van der Waals surface area contributed by atoms with Gasteiger partial charge in [0.05, 0.1) is 16.8 Å². The number of carbonyl (C=O) groups excluding carboxylic acids is 1. The summed E-state index contributed by atoms with van der Waals surface area (Å²) in [5, 5.41) is 18.9. The lowest BCUT2D eigenvalue weighted by atomic mass is 10.0. The minimum Gasteiger partial charge on any atom is -0.507 e. The van der Waals surface area contributed by atoms with Crippen LogP contribution in [0.4, 0.5) is 0 Å². The molecule has 3 aromatic rings. The number of nitrogens with zero attached hydrogens (tertiary/aromatic N) is 3. The van der Waals surface area contributed by atoms with E-state index in [2.05, 4.69) is 41.1 Å². The molecule has 0 aliphatic carbocycles. The maximum atomic E-state index is 13.4. The fourth-order valence-corrected chi connectivity index (χ4v) is 5.14. The second-order valence-electron chi connectivity index (χ2n) is 10.4. The highest BCUT2D eigenvalue weighted by atomic mass is 16.5. The van der Waals surface area contributed by atoms with Gasteiger partial charge in [-0.1, -0.05) is 26.3 Å². The number of aromatic hydroxyl groups is 1. The van der Waals surface area contributed by atoms with Crippen LogP contribution in [0.25, 0.3) is 10.9 Å². The van der Waals surface area contributed by atoms with Crippen LogP contribution in [-0.4, -0.2) is 57.3 Å². The lowest BCUT2D eigenvalue weighted by Gasteiger charge is -2.26.